The number of fused-ring (bicyclic) bond motifs is 10. The van der Waals surface area contributed by atoms with E-state index >= 15 is 0 Å². The topological polar surface area (TPSA) is 26.0 Å². The van der Waals surface area contributed by atoms with Crippen molar-refractivity contribution >= 4 is 0 Å². The number of rotatable bonds is 0. The van der Waals surface area contributed by atoms with Crippen LogP contribution in [-0.4, -0.2) is 6.04 Å². The van der Waals surface area contributed by atoms with Crippen molar-refractivity contribution in [3.8, 4) is 0 Å². The zero-order valence-corrected chi connectivity index (χ0v) is 10.8. The molecule has 2 N–H and O–H groups in total. The van der Waals surface area contributed by atoms with E-state index in [0.717, 1.165) is 11.8 Å². The molecule has 16 heavy (non-hydrogen) atoms. The Morgan fingerprint density at radius 2 is 1.12 bits per heavy atom. The van der Waals surface area contributed by atoms with Crippen LogP contribution >= 0.6 is 0 Å². The van der Waals surface area contributed by atoms with E-state index < -0.39 is 0 Å². The normalized spacial score (nSPS) is 38.4. The van der Waals surface area contributed by atoms with E-state index in [0.29, 0.717) is 6.04 Å². The second-order valence-electron chi connectivity index (χ2n) is 6.23. The molecule has 0 spiro atoms. The fourth-order valence-corrected chi connectivity index (χ4v) is 3.72. The second-order valence-corrected chi connectivity index (χ2v) is 6.23. The maximum absolute atomic E-state index is 6.28. The predicted octanol–water partition coefficient (Wildman–Crippen LogP) is 4.25. The molecule has 0 aliphatic heterocycles. The average Bonchev–Trinajstić information content (AvgIpc) is 2.35. The quantitative estimate of drug-likeness (QED) is 0.652. The van der Waals surface area contributed by atoms with Crippen LogP contribution in [0.15, 0.2) is 0 Å². The Balaban J connectivity index is 1.99. The van der Waals surface area contributed by atoms with Gasteiger partial charge in [-0.05, 0) is 31.1 Å². The molecule has 2 bridgehead atoms. The summed E-state index contributed by atoms with van der Waals surface area (Å²) in [5.41, 5.74) is 6.28. The Morgan fingerprint density at radius 3 is 1.81 bits per heavy atom. The van der Waals surface area contributed by atoms with Gasteiger partial charge in [-0.1, -0.05) is 57.8 Å². The van der Waals surface area contributed by atoms with Gasteiger partial charge in [-0.15, -0.1) is 0 Å². The summed E-state index contributed by atoms with van der Waals surface area (Å²) in [5, 5.41) is 0. The molecule has 0 radical (unpaired) electrons. The molecule has 0 aromatic rings. The summed E-state index contributed by atoms with van der Waals surface area (Å²) in [4.78, 5) is 0. The summed E-state index contributed by atoms with van der Waals surface area (Å²) < 4.78 is 0. The van der Waals surface area contributed by atoms with Gasteiger partial charge in [0.15, 0.2) is 0 Å². The molecule has 3 aliphatic rings. The van der Waals surface area contributed by atoms with Crippen molar-refractivity contribution in [1.29, 1.82) is 0 Å². The van der Waals surface area contributed by atoms with E-state index in [1.807, 2.05) is 0 Å². The average molecular weight is 223 g/mol. The van der Waals surface area contributed by atoms with E-state index in [-0.39, 0.29) is 0 Å². The number of hydrogen-bond donors (Lipinski definition) is 1. The van der Waals surface area contributed by atoms with Gasteiger partial charge in [0.2, 0.25) is 0 Å². The highest BCUT2D eigenvalue weighted by Crippen LogP contribution is 2.31. The zero-order chi connectivity index (χ0) is 11.2. The molecule has 3 aliphatic carbocycles. The van der Waals surface area contributed by atoms with Crippen LogP contribution in [-0.2, 0) is 0 Å². The first-order chi connectivity index (χ1) is 7.84. The van der Waals surface area contributed by atoms with Crippen molar-refractivity contribution < 1.29 is 0 Å². The zero-order valence-electron chi connectivity index (χ0n) is 10.8. The first-order valence-corrected chi connectivity index (χ1v) is 7.60. The van der Waals surface area contributed by atoms with Gasteiger partial charge in [-0.2, -0.15) is 0 Å². The number of hydrogen-bond acceptors (Lipinski definition) is 1. The van der Waals surface area contributed by atoms with Crippen LogP contribution in [0, 0.1) is 11.8 Å². The Kier molecular flexibility index (Phi) is 5.15. The highest BCUT2D eigenvalue weighted by molar-refractivity contribution is 4.75. The summed E-state index contributed by atoms with van der Waals surface area (Å²) in [6, 6.07) is 0.503. The third-order valence-electron chi connectivity index (χ3n) is 4.78. The molecule has 1 heteroatoms. The van der Waals surface area contributed by atoms with E-state index in [2.05, 4.69) is 0 Å². The van der Waals surface area contributed by atoms with Crippen molar-refractivity contribution in [2.75, 3.05) is 0 Å². The van der Waals surface area contributed by atoms with Crippen LogP contribution in [0.3, 0.4) is 0 Å². The van der Waals surface area contributed by atoms with Crippen molar-refractivity contribution in [2.24, 2.45) is 17.6 Å². The van der Waals surface area contributed by atoms with Gasteiger partial charge in [0, 0.05) is 6.04 Å². The fraction of sp³-hybridized carbons (Fsp3) is 1.00. The SMILES string of the molecule is NC1CCC2CCCCCC(CCCC2)C1. The first kappa shape index (κ1) is 12.4. The minimum atomic E-state index is 0.503. The van der Waals surface area contributed by atoms with Crippen LogP contribution < -0.4 is 5.73 Å². The van der Waals surface area contributed by atoms with E-state index in [4.69, 9.17) is 5.73 Å². The van der Waals surface area contributed by atoms with Crippen LogP contribution in [0.25, 0.3) is 0 Å². The number of nitrogens with two attached hydrogens (primary N) is 1. The van der Waals surface area contributed by atoms with Gasteiger partial charge >= 0.3 is 0 Å². The molecule has 3 atom stereocenters. The van der Waals surface area contributed by atoms with Gasteiger partial charge in [-0.25, -0.2) is 0 Å². The van der Waals surface area contributed by atoms with Gasteiger partial charge in [0.25, 0.3) is 0 Å². The van der Waals surface area contributed by atoms with Gasteiger partial charge in [0.1, 0.15) is 0 Å². The smallest absolute Gasteiger partial charge is 0.00415 e. The standard InChI is InChI=1S/C15H29N/c16-15-11-10-13-6-2-1-3-8-14(12-15)9-5-4-7-13/h13-15H,1-12,16H2. The first-order valence-electron chi connectivity index (χ1n) is 7.60. The molecule has 0 heterocycles. The van der Waals surface area contributed by atoms with Crippen molar-refractivity contribution in [1.82, 2.24) is 0 Å². The lowest BCUT2D eigenvalue weighted by Gasteiger charge is -2.24. The van der Waals surface area contributed by atoms with Gasteiger partial charge < -0.3 is 5.73 Å². The second kappa shape index (κ2) is 6.64. The van der Waals surface area contributed by atoms with E-state index in [1.165, 1.54) is 77.0 Å². The Bertz CT molecular complexity index is 186. The van der Waals surface area contributed by atoms with Crippen LogP contribution in [0.5, 0.6) is 0 Å². The molecule has 3 saturated carbocycles. The summed E-state index contributed by atoms with van der Waals surface area (Å²) >= 11 is 0. The Hall–Kier alpha value is -0.0400. The van der Waals surface area contributed by atoms with Gasteiger partial charge in [-0.3, -0.25) is 0 Å². The molecule has 0 aromatic carbocycles. The minimum absolute atomic E-state index is 0.503. The molecule has 3 rings (SSSR count). The fourth-order valence-electron chi connectivity index (χ4n) is 3.72. The molecule has 0 amide bonds. The van der Waals surface area contributed by atoms with Crippen LogP contribution in [0.1, 0.15) is 77.0 Å². The van der Waals surface area contributed by atoms with Crippen molar-refractivity contribution in [2.45, 2.75) is 83.1 Å². The molecule has 3 fully saturated rings. The maximum Gasteiger partial charge on any atom is 0.00415 e. The molecular formula is C15H29N. The third-order valence-corrected chi connectivity index (χ3v) is 4.78. The highest BCUT2D eigenvalue weighted by Gasteiger charge is 2.19. The summed E-state index contributed by atoms with van der Waals surface area (Å²) in [7, 11) is 0. The molecule has 1 nitrogen and oxygen atoms in total. The highest BCUT2D eigenvalue weighted by atomic mass is 14.6. The summed E-state index contributed by atoms with van der Waals surface area (Å²) in [6.45, 7) is 0. The predicted molar refractivity (Wildman–Crippen MR) is 70.4 cm³/mol. The van der Waals surface area contributed by atoms with Crippen LogP contribution in [0.4, 0.5) is 0 Å². The van der Waals surface area contributed by atoms with E-state index in [9.17, 15) is 0 Å². The lowest BCUT2D eigenvalue weighted by Crippen LogP contribution is -2.25. The monoisotopic (exact) mass is 223 g/mol. The molecule has 3 unspecified atom stereocenters. The minimum Gasteiger partial charge on any atom is -0.328 e. The largest absolute Gasteiger partial charge is 0.328 e. The van der Waals surface area contributed by atoms with Crippen molar-refractivity contribution in [3.63, 3.8) is 0 Å². The Labute approximate surface area is 101 Å². The van der Waals surface area contributed by atoms with E-state index in [1.54, 1.807) is 0 Å². The van der Waals surface area contributed by atoms with Crippen LogP contribution in [0.2, 0.25) is 0 Å². The molecule has 0 aromatic heterocycles. The molecule has 0 saturated heterocycles. The molecule has 94 valence electrons. The lowest BCUT2D eigenvalue weighted by molar-refractivity contribution is 0.311. The summed E-state index contributed by atoms with van der Waals surface area (Å²) in [5.74, 6) is 1.95. The lowest BCUT2D eigenvalue weighted by atomic mass is 9.84. The summed E-state index contributed by atoms with van der Waals surface area (Å²) in [6.07, 6.45) is 17.3. The van der Waals surface area contributed by atoms with Gasteiger partial charge in [0.05, 0.1) is 0 Å². The maximum atomic E-state index is 6.28. The molecular weight excluding hydrogens is 194 g/mol. The van der Waals surface area contributed by atoms with Crippen molar-refractivity contribution in [3.05, 3.63) is 0 Å². The third kappa shape index (κ3) is 4.08. The Morgan fingerprint density at radius 1 is 0.562 bits per heavy atom.